The van der Waals surface area contributed by atoms with E-state index in [1.807, 2.05) is 0 Å². The average molecular weight is 219 g/mol. The zero-order valence-corrected chi connectivity index (χ0v) is 10.5. The van der Waals surface area contributed by atoms with Crippen molar-refractivity contribution in [2.45, 2.75) is 45.1 Å². The Kier molecular flexibility index (Phi) is 2.83. The van der Waals surface area contributed by atoms with Gasteiger partial charge in [-0.1, -0.05) is 13.0 Å². The zero-order valence-electron chi connectivity index (χ0n) is 10.5. The molecule has 0 aliphatic heterocycles. The molecule has 3 aliphatic rings. The van der Waals surface area contributed by atoms with Gasteiger partial charge in [-0.3, -0.25) is 0 Å². The minimum absolute atomic E-state index is 0.793. The quantitative estimate of drug-likeness (QED) is 0.676. The van der Waals surface area contributed by atoms with Crippen molar-refractivity contribution in [3.05, 3.63) is 12.7 Å². The van der Waals surface area contributed by atoms with E-state index in [1.54, 1.807) is 19.3 Å². The van der Waals surface area contributed by atoms with Crippen LogP contribution in [-0.2, 0) is 0 Å². The molecule has 16 heavy (non-hydrogen) atoms. The molecule has 90 valence electrons. The molecule has 0 saturated heterocycles. The second-order valence-electron chi connectivity index (χ2n) is 6.10. The van der Waals surface area contributed by atoms with Crippen LogP contribution in [0, 0.1) is 29.6 Å². The lowest BCUT2D eigenvalue weighted by molar-refractivity contribution is 0.354. The average Bonchev–Trinajstić information content (AvgIpc) is 2.73. The summed E-state index contributed by atoms with van der Waals surface area (Å²) in [6.45, 7) is 7.23. The van der Waals surface area contributed by atoms with Crippen LogP contribution >= 0.6 is 0 Å². The van der Waals surface area contributed by atoms with Gasteiger partial charge in [-0.05, 0) is 68.2 Å². The van der Waals surface area contributed by atoms with Crippen molar-refractivity contribution in [1.82, 2.24) is 5.32 Å². The second-order valence-corrected chi connectivity index (χ2v) is 6.10. The van der Waals surface area contributed by atoms with Gasteiger partial charge in [0.25, 0.3) is 0 Å². The predicted octanol–water partition coefficient (Wildman–Crippen LogP) is 3.22. The molecule has 1 heteroatoms. The second kappa shape index (κ2) is 4.18. The van der Waals surface area contributed by atoms with Gasteiger partial charge in [0.15, 0.2) is 0 Å². The van der Waals surface area contributed by atoms with E-state index in [9.17, 15) is 0 Å². The smallest absolute Gasteiger partial charge is 0.0104 e. The third-order valence-electron chi connectivity index (χ3n) is 5.41. The maximum absolute atomic E-state index is 3.86. The fraction of sp³-hybridized carbons (Fsp3) is 0.867. The zero-order chi connectivity index (χ0) is 11.1. The Balaban J connectivity index is 1.61. The SMILES string of the molecule is C=CCCC(NCC)C1C2C3CCC(C3)C21. The Bertz CT molecular complexity index is 257. The molecule has 0 amide bonds. The van der Waals surface area contributed by atoms with Crippen LogP contribution in [-0.4, -0.2) is 12.6 Å². The van der Waals surface area contributed by atoms with E-state index in [4.69, 9.17) is 0 Å². The monoisotopic (exact) mass is 219 g/mol. The number of fused-ring (bicyclic) bond motifs is 5. The molecule has 1 nitrogen and oxygen atoms in total. The Hall–Kier alpha value is -0.300. The Morgan fingerprint density at radius 1 is 1.31 bits per heavy atom. The van der Waals surface area contributed by atoms with Gasteiger partial charge in [0.2, 0.25) is 0 Å². The van der Waals surface area contributed by atoms with Crippen LogP contribution in [0.25, 0.3) is 0 Å². The normalized spacial score (nSPS) is 45.4. The molecule has 3 fully saturated rings. The van der Waals surface area contributed by atoms with E-state index in [0.717, 1.165) is 42.2 Å². The first-order valence-electron chi connectivity index (χ1n) is 7.21. The van der Waals surface area contributed by atoms with Crippen molar-refractivity contribution in [1.29, 1.82) is 0 Å². The molecule has 3 rings (SSSR count). The lowest BCUT2D eigenvalue weighted by Crippen LogP contribution is -2.33. The number of hydrogen-bond donors (Lipinski definition) is 1. The highest BCUT2D eigenvalue weighted by atomic mass is 14.9. The highest BCUT2D eigenvalue weighted by Gasteiger charge is 2.66. The number of hydrogen-bond acceptors (Lipinski definition) is 1. The Labute approximate surface area is 99.7 Å². The molecule has 0 heterocycles. The standard InChI is InChI=1S/C15H25N/c1-3-5-6-12(16-4-2)15-13-10-7-8-11(9-10)14(13)15/h3,10-16H,1,4-9H2,2H3. The van der Waals surface area contributed by atoms with E-state index in [0.29, 0.717) is 0 Å². The summed E-state index contributed by atoms with van der Waals surface area (Å²) in [6, 6.07) is 0.793. The molecule has 5 unspecified atom stereocenters. The molecular formula is C15H25N. The van der Waals surface area contributed by atoms with Gasteiger partial charge in [-0.15, -0.1) is 6.58 Å². The predicted molar refractivity (Wildman–Crippen MR) is 68.2 cm³/mol. The van der Waals surface area contributed by atoms with Crippen molar-refractivity contribution >= 4 is 0 Å². The van der Waals surface area contributed by atoms with Crippen molar-refractivity contribution < 1.29 is 0 Å². The third kappa shape index (κ3) is 1.55. The molecule has 2 bridgehead atoms. The van der Waals surface area contributed by atoms with Gasteiger partial charge in [0.05, 0.1) is 0 Å². The van der Waals surface area contributed by atoms with Gasteiger partial charge in [-0.2, -0.15) is 0 Å². The van der Waals surface area contributed by atoms with Crippen molar-refractivity contribution in [3.8, 4) is 0 Å². The van der Waals surface area contributed by atoms with Gasteiger partial charge < -0.3 is 5.32 Å². The van der Waals surface area contributed by atoms with Crippen molar-refractivity contribution in [2.75, 3.05) is 6.54 Å². The highest BCUT2D eigenvalue weighted by molar-refractivity contribution is 5.15. The summed E-state index contributed by atoms with van der Waals surface area (Å²) in [5.74, 6) is 5.50. The Morgan fingerprint density at radius 2 is 2.00 bits per heavy atom. The van der Waals surface area contributed by atoms with E-state index in [-0.39, 0.29) is 0 Å². The molecule has 3 aliphatic carbocycles. The molecule has 0 radical (unpaired) electrons. The van der Waals surface area contributed by atoms with Gasteiger partial charge in [-0.25, -0.2) is 0 Å². The number of nitrogens with one attached hydrogen (secondary N) is 1. The molecule has 0 aromatic heterocycles. The van der Waals surface area contributed by atoms with Gasteiger partial charge in [0, 0.05) is 6.04 Å². The number of allylic oxidation sites excluding steroid dienone is 1. The fourth-order valence-corrected chi connectivity index (χ4v) is 4.92. The molecule has 1 N–H and O–H groups in total. The van der Waals surface area contributed by atoms with Crippen LogP contribution in [0.2, 0.25) is 0 Å². The Morgan fingerprint density at radius 3 is 2.56 bits per heavy atom. The summed E-state index contributed by atoms with van der Waals surface area (Å²) in [5, 5.41) is 3.73. The summed E-state index contributed by atoms with van der Waals surface area (Å²) >= 11 is 0. The van der Waals surface area contributed by atoms with Crippen LogP contribution in [0.1, 0.15) is 39.0 Å². The summed E-state index contributed by atoms with van der Waals surface area (Å²) in [5.41, 5.74) is 0. The maximum atomic E-state index is 3.86. The van der Waals surface area contributed by atoms with Crippen molar-refractivity contribution in [3.63, 3.8) is 0 Å². The first kappa shape index (κ1) is 10.8. The minimum atomic E-state index is 0.793. The molecule has 0 aromatic carbocycles. The van der Waals surface area contributed by atoms with E-state index >= 15 is 0 Å². The molecule has 3 saturated carbocycles. The molecule has 0 aromatic rings. The fourth-order valence-electron chi connectivity index (χ4n) is 4.92. The summed E-state index contributed by atoms with van der Waals surface area (Å²) in [6.07, 6.45) is 9.24. The van der Waals surface area contributed by atoms with Crippen LogP contribution in [0.5, 0.6) is 0 Å². The number of rotatable bonds is 6. The minimum Gasteiger partial charge on any atom is -0.314 e. The van der Waals surface area contributed by atoms with Crippen LogP contribution < -0.4 is 5.32 Å². The lowest BCUT2D eigenvalue weighted by atomic mass is 9.95. The van der Waals surface area contributed by atoms with Crippen molar-refractivity contribution in [2.24, 2.45) is 29.6 Å². The summed E-state index contributed by atoms with van der Waals surface area (Å²) < 4.78 is 0. The van der Waals surface area contributed by atoms with Gasteiger partial charge >= 0.3 is 0 Å². The first-order valence-corrected chi connectivity index (χ1v) is 7.21. The van der Waals surface area contributed by atoms with Gasteiger partial charge in [0.1, 0.15) is 0 Å². The van der Waals surface area contributed by atoms with Crippen LogP contribution in [0.3, 0.4) is 0 Å². The van der Waals surface area contributed by atoms with E-state index in [1.165, 1.54) is 12.8 Å². The summed E-state index contributed by atoms with van der Waals surface area (Å²) in [7, 11) is 0. The van der Waals surface area contributed by atoms with Crippen LogP contribution in [0.4, 0.5) is 0 Å². The topological polar surface area (TPSA) is 12.0 Å². The maximum Gasteiger partial charge on any atom is 0.0104 e. The summed E-state index contributed by atoms with van der Waals surface area (Å²) in [4.78, 5) is 0. The van der Waals surface area contributed by atoms with E-state index < -0.39 is 0 Å². The largest absolute Gasteiger partial charge is 0.314 e. The molecule has 0 spiro atoms. The van der Waals surface area contributed by atoms with E-state index in [2.05, 4.69) is 24.9 Å². The first-order chi connectivity index (χ1) is 7.86. The molecular weight excluding hydrogens is 194 g/mol. The highest BCUT2D eigenvalue weighted by Crippen LogP contribution is 2.70. The third-order valence-corrected chi connectivity index (χ3v) is 5.41. The molecule has 5 atom stereocenters. The lowest BCUT2D eigenvalue weighted by Gasteiger charge is -2.20. The van der Waals surface area contributed by atoms with Crippen LogP contribution in [0.15, 0.2) is 12.7 Å².